The second-order valence-corrected chi connectivity index (χ2v) is 2.20. The van der Waals surface area contributed by atoms with Gasteiger partial charge in [-0.3, -0.25) is 0 Å². The molecule has 0 bridgehead atoms. The molecule has 0 spiro atoms. The number of aromatic nitrogens is 1. The van der Waals surface area contributed by atoms with Crippen molar-refractivity contribution in [3.05, 3.63) is 29.3 Å². The molecule has 0 fully saturated rings. The molecule has 0 aliphatic carbocycles. The maximum atomic E-state index is 12.5. The lowest BCUT2D eigenvalue weighted by Crippen LogP contribution is -2.07. The quantitative estimate of drug-likeness (QED) is 0.346. The minimum Gasteiger partial charge on any atom is -0.227 e. The first kappa shape index (κ1) is 9.52. The Hall–Kier alpha value is -1.57. The van der Waals surface area contributed by atoms with Crippen LogP contribution in [-0.2, 0) is 6.18 Å². The van der Waals surface area contributed by atoms with Crippen molar-refractivity contribution in [3.8, 4) is 12.3 Å². The lowest BCUT2D eigenvalue weighted by atomic mass is 10.2. The Bertz CT molecular complexity index is 361. The van der Waals surface area contributed by atoms with Gasteiger partial charge in [0.15, 0.2) is 0 Å². The SMILES string of the molecule is C#Cc1cc(C(F)(F)F)cnc1F. The normalized spacial score (nSPS) is 11.0. The molecular formula is C8H3F4N. The topological polar surface area (TPSA) is 12.9 Å². The van der Waals surface area contributed by atoms with Crippen molar-refractivity contribution >= 4 is 0 Å². The van der Waals surface area contributed by atoms with Crippen LogP contribution in [0.5, 0.6) is 0 Å². The summed E-state index contributed by atoms with van der Waals surface area (Å²) in [5, 5.41) is 0. The van der Waals surface area contributed by atoms with Crippen LogP contribution in [0.4, 0.5) is 17.6 Å². The van der Waals surface area contributed by atoms with Gasteiger partial charge in [-0.1, -0.05) is 5.92 Å². The van der Waals surface area contributed by atoms with Crippen LogP contribution >= 0.6 is 0 Å². The number of terminal acetylenes is 1. The molecule has 0 radical (unpaired) electrons. The molecule has 0 atom stereocenters. The Morgan fingerprint density at radius 1 is 1.38 bits per heavy atom. The summed E-state index contributed by atoms with van der Waals surface area (Å²) in [5.74, 6) is 0.697. The summed E-state index contributed by atoms with van der Waals surface area (Å²) in [5.41, 5.74) is -1.54. The largest absolute Gasteiger partial charge is 0.417 e. The van der Waals surface area contributed by atoms with Crippen molar-refractivity contribution in [2.75, 3.05) is 0 Å². The van der Waals surface area contributed by atoms with E-state index in [0.717, 1.165) is 0 Å². The monoisotopic (exact) mass is 189 g/mol. The van der Waals surface area contributed by atoms with E-state index < -0.39 is 23.3 Å². The number of pyridine rings is 1. The highest BCUT2D eigenvalue weighted by molar-refractivity contribution is 5.34. The zero-order valence-electron chi connectivity index (χ0n) is 6.19. The standard InChI is InChI=1S/C8H3F4N/c1-2-5-3-6(8(10,11)12)4-13-7(5)9/h1,3-4H. The fourth-order valence-corrected chi connectivity index (χ4v) is 0.704. The molecule has 1 nitrogen and oxygen atoms in total. The van der Waals surface area contributed by atoms with Gasteiger partial charge in [-0.2, -0.15) is 17.6 Å². The summed E-state index contributed by atoms with van der Waals surface area (Å²) in [6.07, 6.45) is 0.615. The Kier molecular flexibility index (Phi) is 2.24. The third-order valence-corrected chi connectivity index (χ3v) is 1.32. The van der Waals surface area contributed by atoms with Crippen LogP contribution in [0.25, 0.3) is 0 Å². The summed E-state index contributed by atoms with van der Waals surface area (Å²) in [6.45, 7) is 0. The highest BCUT2D eigenvalue weighted by Crippen LogP contribution is 2.29. The zero-order chi connectivity index (χ0) is 10.1. The second-order valence-electron chi connectivity index (χ2n) is 2.20. The highest BCUT2D eigenvalue weighted by Gasteiger charge is 2.31. The number of alkyl halides is 3. The molecule has 1 aromatic heterocycles. The van der Waals surface area contributed by atoms with Gasteiger partial charge in [-0.25, -0.2) is 4.98 Å². The Labute approximate surface area is 71.4 Å². The fourth-order valence-electron chi connectivity index (χ4n) is 0.704. The van der Waals surface area contributed by atoms with E-state index in [0.29, 0.717) is 12.3 Å². The van der Waals surface area contributed by atoms with E-state index in [-0.39, 0.29) is 0 Å². The molecule has 0 aromatic carbocycles. The van der Waals surface area contributed by atoms with Gasteiger partial charge in [-0.15, -0.1) is 6.42 Å². The smallest absolute Gasteiger partial charge is 0.227 e. The second kappa shape index (κ2) is 3.05. The molecule has 0 saturated carbocycles. The van der Waals surface area contributed by atoms with Crippen molar-refractivity contribution in [2.45, 2.75) is 6.18 Å². The average molecular weight is 189 g/mol. The van der Waals surface area contributed by atoms with Crippen LogP contribution in [-0.4, -0.2) is 4.98 Å². The zero-order valence-corrected chi connectivity index (χ0v) is 6.19. The molecule has 0 aliphatic heterocycles. The van der Waals surface area contributed by atoms with E-state index in [9.17, 15) is 17.6 Å². The molecule has 68 valence electrons. The molecular weight excluding hydrogens is 186 g/mol. The van der Waals surface area contributed by atoms with Crippen LogP contribution in [0.1, 0.15) is 11.1 Å². The van der Waals surface area contributed by atoms with Gasteiger partial charge < -0.3 is 0 Å². The molecule has 13 heavy (non-hydrogen) atoms. The van der Waals surface area contributed by atoms with Crippen molar-refractivity contribution in [1.29, 1.82) is 0 Å². The molecule has 0 saturated heterocycles. The number of rotatable bonds is 0. The summed E-state index contributed by atoms with van der Waals surface area (Å²) >= 11 is 0. The minimum absolute atomic E-state index is 0.399. The van der Waals surface area contributed by atoms with Crippen molar-refractivity contribution in [2.24, 2.45) is 0 Å². The van der Waals surface area contributed by atoms with E-state index >= 15 is 0 Å². The summed E-state index contributed by atoms with van der Waals surface area (Å²) in [6, 6.07) is 0.544. The summed E-state index contributed by atoms with van der Waals surface area (Å²) in [4.78, 5) is 2.89. The lowest BCUT2D eigenvalue weighted by Gasteiger charge is -2.05. The lowest BCUT2D eigenvalue weighted by molar-refractivity contribution is -0.137. The van der Waals surface area contributed by atoms with Gasteiger partial charge >= 0.3 is 6.18 Å². The average Bonchev–Trinajstić information content (AvgIpc) is 2.03. The van der Waals surface area contributed by atoms with Crippen LogP contribution in [0.15, 0.2) is 12.3 Å². The molecule has 0 amide bonds. The van der Waals surface area contributed by atoms with E-state index in [1.165, 1.54) is 0 Å². The predicted octanol–water partition coefficient (Wildman–Crippen LogP) is 2.22. The maximum Gasteiger partial charge on any atom is 0.417 e. The fraction of sp³-hybridized carbons (Fsp3) is 0.125. The molecule has 1 heterocycles. The minimum atomic E-state index is -4.55. The summed E-state index contributed by atoms with van der Waals surface area (Å²) in [7, 11) is 0. The molecule has 0 N–H and O–H groups in total. The molecule has 0 aliphatic rings. The van der Waals surface area contributed by atoms with Crippen LogP contribution < -0.4 is 0 Å². The van der Waals surface area contributed by atoms with Crippen molar-refractivity contribution in [3.63, 3.8) is 0 Å². The Morgan fingerprint density at radius 3 is 2.46 bits per heavy atom. The van der Waals surface area contributed by atoms with Gasteiger partial charge in [0.2, 0.25) is 5.95 Å². The van der Waals surface area contributed by atoms with E-state index in [1.54, 1.807) is 5.92 Å². The van der Waals surface area contributed by atoms with Gasteiger partial charge in [-0.05, 0) is 6.07 Å². The first-order valence-corrected chi connectivity index (χ1v) is 3.14. The molecule has 5 heteroatoms. The van der Waals surface area contributed by atoms with E-state index in [4.69, 9.17) is 6.42 Å². The van der Waals surface area contributed by atoms with Crippen LogP contribution in [0.3, 0.4) is 0 Å². The highest BCUT2D eigenvalue weighted by atomic mass is 19.4. The van der Waals surface area contributed by atoms with Crippen molar-refractivity contribution < 1.29 is 17.6 Å². The third kappa shape index (κ3) is 1.96. The van der Waals surface area contributed by atoms with E-state index in [2.05, 4.69) is 4.98 Å². The van der Waals surface area contributed by atoms with Crippen LogP contribution in [0.2, 0.25) is 0 Å². The van der Waals surface area contributed by atoms with Gasteiger partial charge in [0.25, 0.3) is 0 Å². The first-order valence-electron chi connectivity index (χ1n) is 3.14. The van der Waals surface area contributed by atoms with Gasteiger partial charge in [0, 0.05) is 6.20 Å². The van der Waals surface area contributed by atoms with Gasteiger partial charge in [0.05, 0.1) is 11.1 Å². The van der Waals surface area contributed by atoms with Crippen molar-refractivity contribution in [1.82, 2.24) is 4.98 Å². The van der Waals surface area contributed by atoms with E-state index in [1.807, 2.05) is 0 Å². The third-order valence-electron chi connectivity index (χ3n) is 1.32. The van der Waals surface area contributed by atoms with Crippen LogP contribution in [0, 0.1) is 18.3 Å². The maximum absolute atomic E-state index is 12.5. The number of hydrogen-bond donors (Lipinski definition) is 0. The predicted molar refractivity (Wildman–Crippen MR) is 37.1 cm³/mol. The number of hydrogen-bond acceptors (Lipinski definition) is 1. The first-order chi connectivity index (χ1) is 5.95. The van der Waals surface area contributed by atoms with Gasteiger partial charge in [0.1, 0.15) is 0 Å². The molecule has 1 aromatic rings. The summed E-state index contributed by atoms with van der Waals surface area (Å²) < 4.78 is 48.6. The Morgan fingerprint density at radius 2 is 2.00 bits per heavy atom. The molecule has 0 unspecified atom stereocenters. The Balaban J connectivity index is 3.24. The number of nitrogens with zero attached hydrogens (tertiary/aromatic N) is 1. The number of halogens is 4. The molecule has 1 rings (SSSR count).